The molecular weight excluding hydrogens is 520 g/mol. The maximum atomic E-state index is 12.5. The van der Waals surface area contributed by atoms with Crippen LogP contribution in [0.4, 0.5) is 13.2 Å². The molecule has 0 amide bonds. The molecule has 1 saturated heterocycles. The minimum Gasteiger partial charge on any atom is -0.382 e. The number of ether oxygens (including phenoxy) is 1. The number of halogens is 4. The Bertz CT molecular complexity index is 505. The quantitative estimate of drug-likeness (QED) is 0.164. The van der Waals surface area contributed by atoms with Gasteiger partial charge >= 0.3 is 6.18 Å². The second-order valence-electron chi connectivity index (χ2n) is 8.90. The predicted octanol–water partition coefficient (Wildman–Crippen LogP) is 4.81. The summed E-state index contributed by atoms with van der Waals surface area (Å²) in [5.41, 5.74) is 0.267. The van der Waals surface area contributed by atoms with Crippen LogP contribution in [0.1, 0.15) is 65.2 Å². The summed E-state index contributed by atoms with van der Waals surface area (Å²) in [5.74, 6) is 1.34. The maximum absolute atomic E-state index is 12.5. The van der Waals surface area contributed by atoms with Crippen LogP contribution in [0, 0.1) is 11.3 Å². The molecule has 0 aromatic heterocycles. The Morgan fingerprint density at radius 1 is 1.13 bits per heavy atom. The van der Waals surface area contributed by atoms with E-state index in [-0.39, 0.29) is 29.4 Å². The van der Waals surface area contributed by atoms with Crippen LogP contribution in [-0.2, 0) is 4.74 Å². The van der Waals surface area contributed by atoms with Crippen LogP contribution in [0.5, 0.6) is 0 Å². The third-order valence-corrected chi connectivity index (χ3v) is 6.52. The molecule has 0 aromatic carbocycles. The summed E-state index contributed by atoms with van der Waals surface area (Å²) in [7, 11) is 0. The molecule has 2 fully saturated rings. The van der Waals surface area contributed by atoms with Crippen molar-refractivity contribution in [2.24, 2.45) is 16.3 Å². The van der Waals surface area contributed by atoms with Gasteiger partial charge in [-0.15, -0.1) is 24.0 Å². The second-order valence-corrected chi connectivity index (χ2v) is 8.90. The summed E-state index contributed by atoms with van der Waals surface area (Å²) < 4.78 is 43.2. The fourth-order valence-corrected chi connectivity index (χ4v) is 4.72. The highest BCUT2D eigenvalue weighted by Gasteiger charge is 2.34. The number of rotatable bonds is 11. The van der Waals surface area contributed by atoms with Crippen molar-refractivity contribution in [2.45, 2.75) is 71.4 Å². The van der Waals surface area contributed by atoms with Gasteiger partial charge in [-0.2, -0.15) is 13.2 Å². The van der Waals surface area contributed by atoms with Gasteiger partial charge in [-0.05, 0) is 76.8 Å². The average Bonchev–Trinajstić information content (AvgIpc) is 3.16. The Balaban J connectivity index is 0.00000480. The van der Waals surface area contributed by atoms with E-state index in [9.17, 15) is 13.2 Å². The molecule has 2 aliphatic rings. The van der Waals surface area contributed by atoms with E-state index in [1.807, 2.05) is 6.92 Å². The minimum atomic E-state index is -4.09. The Kier molecular flexibility index (Phi) is 13.7. The van der Waals surface area contributed by atoms with Gasteiger partial charge < -0.3 is 15.4 Å². The third kappa shape index (κ3) is 11.4. The number of guanidine groups is 1. The van der Waals surface area contributed by atoms with Gasteiger partial charge in [-0.25, -0.2) is 0 Å². The maximum Gasteiger partial charge on any atom is 0.401 e. The fourth-order valence-electron chi connectivity index (χ4n) is 4.72. The van der Waals surface area contributed by atoms with Gasteiger partial charge in [0, 0.05) is 32.8 Å². The Morgan fingerprint density at radius 2 is 1.81 bits per heavy atom. The molecule has 1 aliphatic carbocycles. The smallest absolute Gasteiger partial charge is 0.382 e. The van der Waals surface area contributed by atoms with E-state index in [1.165, 1.54) is 30.6 Å². The molecule has 0 radical (unpaired) electrons. The highest BCUT2D eigenvalue weighted by atomic mass is 127. The molecular formula is C22H42F3IN4O. The third-order valence-electron chi connectivity index (χ3n) is 6.52. The molecule has 1 saturated carbocycles. The number of likely N-dealkylation sites (tertiary alicyclic amines) is 1. The zero-order chi connectivity index (χ0) is 21.9. The summed E-state index contributed by atoms with van der Waals surface area (Å²) in [6.07, 6.45) is 4.62. The number of aliphatic imine (C=N–C) groups is 1. The molecule has 0 atom stereocenters. The number of hydrogen-bond acceptors (Lipinski definition) is 3. The lowest BCUT2D eigenvalue weighted by Gasteiger charge is -2.32. The van der Waals surface area contributed by atoms with Crippen molar-refractivity contribution in [2.75, 3.05) is 52.5 Å². The molecule has 0 aromatic rings. The van der Waals surface area contributed by atoms with Gasteiger partial charge in [0.05, 0.1) is 6.54 Å². The number of nitrogens with one attached hydrogen (secondary N) is 2. The van der Waals surface area contributed by atoms with Gasteiger partial charge in [0.1, 0.15) is 0 Å². The van der Waals surface area contributed by atoms with E-state index < -0.39 is 12.7 Å². The van der Waals surface area contributed by atoms with Crippen molar-refractivity contribution >= 4 is 29.9 Å². The topological polar surface area (TPSA) is 48.9 Å². The summed E-state index contributed by atoms with van der Waals surface area (Å²) in [6.45, 7) is 8.42. The van der Waals surface area contributed by atoms with Crippen molar-refractivity contribution in [3.8, 4) is 0 Å². The van der Waals surface area contributed by atoms with Gasteiger partial charge in [0.25, 0.3) is 0 Å². The predicted molar refractivity (Wildman–Crippen MR) is 131 cm³/mol. The molecule has 31 heavy (non-hydrogen) atoms. The van der Waals surface area contributed by atoms with Crippen molar-refractivity contribution in [1.29, 1.82) is 0 Å². The van der Waals surface area contributed by atoms with Crippen molar-refractivity contribution in [1.82, 2.24) is 15.5 Å². The van der Waals surface area contributed by atoms with E-state index in [1.54, 1.807) is 0 Å². The standard InChI is InChI=1S/C22H41F3N4O.HI/c1-3-26-20(28-17-21(10-5-6-11-21)12-16-30-4-2)27-13-7-19-8-14-29(15-9-19)18-22(23,24)25;/h19H,3-18H2,1-2H3,(H2,26,27,28);1H. The fraction of sp³-hybridized carbons (Fsp3) is 0.955. The largest absolute Gasteiger partial charge is 0.401 e. The van der Waals surface area contributed by atoms with Crippen molar-refractivity contribution in [3.63, 3.8) is 0 Å². The lowest BCUT2D eigenvalue weighted by Crippen LogP contribution is -2.42. The summed E-state index contributed by atoms with van der Waals surface area (Å²) in [5, 5.41) is 6.78. The van der Waals surface area contributed by atoms with Crippen molar-refractivity contribution in [3.05, 3.63) is 0 Å². The molecule has 1 heterocycles. The molecule has 5 nitrogen and oxygen atoms in total. The average molecular weight is 563 g/mol. The first-order valence-corrected chi connectivity index (χ1v) is 11.7. The van der Waals surface area contributed by atoms with Crippen molar-refractivity contribution < 1.29 is 17.9 Å². The van der Waals surface area contributed by atoms with Crippen LogP contribution in [0.15, 0.2) is 4.99 Å². The van der Waals surface area contributed by atoms with E-state index in [4.69, 9.17) is 9.73 Å². The first-order chi connectivity index (χ1) is 14.4. The highest BCUT2D eigenvalue weighted by molar-refractivity contribution is 14.0. The van der Waals surface area contributed by atoms with Crippen LogP contribution in [0.2, 0.25) is 0 Å². The van der Waals surface area contributed by atoms with E-state index in [0.29, 0.717) is 19.0 Å². The first-order valence-electron chi connectivity index (χ1n) is 11.7. The normalized spacial score (nSPS) is 20.5. The molecule has 0 bridgehead atoms. The number of hydrogen-bond donors (Lipinski definition) is 2. The lowest BCUT2D eigenvalue weighted by atomic mass is 9.83. The van der Waals surface area contributed by atoms with Crippen LogP contribution in [-0.4, -0.2) is 69.5 Å². The van der Waals surface area contributed by atoms with Gasteiger partial charge in [-0.3, -0.25) is 9.89 Å². The Hall–Kier alpha value is -0.290. The number of piperidine rings is 1. The highest BCUT2D eigenvalue weighted by Crippen LogP contribution is 2.41. The van der Waals surface area contributed by atoms with Crippen LogP contribution in [0.25, 0.3) is 0 Å². The molecule has 1 aliphatic heterocycles. The van der Waals surface area contributed by atoms with E-state index in [2.05, 4.69) is 17.6 Å². The van der Waals surface area contributed by atoms with Gasteiger partial charge in [0.15, 0.2) is 5.96 Å². The molecule has 0 unspecified atom stereocenters. The van der Waals surface area contributed by atoms with E-state index in [0.717, 1.165) is 64.5 Å². The minimum absolute atomic E-state index is 0. The summed E-state index contributed by atoms with van der Waals surface area (Å²) >= 11 is 0. The summed E-state index contributed by atoms with van der Waals surface area (Å²) in [6, 6.07) is 0. The molecule has 0 spiro atoms. The number of alkyl halides is 3. The summed E-state index contributed by atoms with van der Waals surface area (Å²) in [4.78, 5) is 6.41. The molecule has 184 valence electrons. The van der Waals surface area contributed by atoms with Crippen LogP contribution >= 0.6 is 24.0 Å². The van der Waals surface area contributed by atoms with Gasteiger partial charge in [0.2, 0.25) is 0 Å². The Labute approximate surface area is 203 Å². The van der Waals surface area contributed by atoms with Gasteiger partial charge in [-0.1, -0.05) is 12.8 Å². The lowest BCUT2D eigenvalue weighted by molar-refractivity contribution is -0.148. The van der Waals surface area contributed by atoms with E-state index >= 15 is 0 Å². The SMILES string of the molecule is CCNC(=NCC1(CCOCC)CCCC1)NCCC1CCN(CC(F)(F)F)CC1.I. The molecule has 2 N–H and O–H groups in total. The number of nitrogens with zero attached hydrogens (tertiary/aromatic N) is 2. The first kappa shape index (κ1) is 28.7. The van der Waals surface area contributed by atoms with Crippen LogP contribution < -0.4 is 10.6 Å². The Morgan fingerprint density at radius 3 is 2.39 bits per heavy atom. The molecule has 9 heteroatoms. The second kappa shape index (κ2) is 14.8. The van der Waals surface area contributed by atoms with Crippen LogP contribution in [0.3, 0.4) is 0 Å². The zero-order valence-corrected chi connectivity index (χ0v) is 21.6. The molecule has 2 rings (SSSR count). The zero-order valence-electron chi connectivity index (χ0n) is 19.2. The monoisotopic (exact) mass is 562 g/mol.